The largest absolute Gasteiger partial charge is 0.341 e. The van der Waals surface area contributed by atoms with Crippen LogP contribution in [-0.4, -0.2) is 29.3 Å². The highest BCUT2D eigenvalue weighted by atomic mass is 35.5. The van der Waals surface area contributed by atoms with E-state index in [-0.39, 0.29) is 11.3 Å². The zero-order valence-corrected chi connectivity index (χ0v) is 9.02. The molecule has 0 N–H and O–H groups in total. The lowest BCUT2D eigenvalue weighted by Gasteiger charge is -2.14. The van der Waals surface area contributed by atoms with E-state index in [0.29, 0.717) is 6.42 Å². The van der Waals surface area contributed by atoms with E-state index in [4.69, 9.17) is 11.6 Å². The zero-order chi connectivity index (χ0) is 9.68. The Morgan fingerprint density at radius 1 is 1.54 bits per heavy atom. The molecule has 0 bridgehead atoms. The van der Waals surface area contributed by atoms with Crippen LogP contribution in [0.2, 0.25) is 0 Å². The summed E-state index contributed by atoms with van der Waals surface area (Å²) >= 11 is 5.92. The van der Waals surface area contributed by atoms with E-state index in [1.807, 2.05) is 4.90 Å². The first kappa shape index (κ1) is 10.8. The standard InChI is InChI=1S/C10H18ClNO/c1-2-3-4-5-10(13)12-7-6-9(11)8-12/h9H,2-8H2,1H3. The van der Waals surface area contributed by atoms with E-state index in [1.165, 1.54) is 6.42 Å². The summed E-state index contributed by atoms with van der Waals surface area (Å²) in [6.45, 7) is 3.76. The second-order valence-corrected chi connectivity index (χ2v) is 4.30. The average Bonchev–Trinajstić information content (AvgIpc) is 2.52. The Labute approximate surface area is 85.2 Å². The van der Waals surface area contributed by atoms with Gasteiger partial charge in [0, 0.05) is 19.5 Å². The molecule has 1 saturated heterocycles. The van der Waals surface area contributed by atoms with Crippen LogP contribution in [0.5, 0.6) is 0 Å². The Bertz CT molecular complexity index is 172. The lowest BCUT2D eigenvalue weighted by atomic mass is 10.2. The number of rotatable bonds is 4. The molecule has 0 aliphatic carbocycles. The second kappa shape index (κ2) is 5.48. The minimum atomic E-state index is 0.190. The Kier molecular flexibility index (Phi) is 4.57. The van der Waals surface area contributed by atoms with Gasteiger partial charge in [-0.25, -0.2) is 0 Å². The minimum absolute atomic E-state index is 0.190. The first-order valence-corrected chi connectivity index (χ1v) is 5.59. The van der Waals surface area contributed by atoms with Gasteiger partial charge >= 0.3 is 0 Å². The van der Waals surface area contributed by atoms with Crippen molar-refractivity contribution in [1.82, 2.24) is 4.90 Å². The molecule has 1 rings (SSSR count). The smallest absolute Gasteiger partial charge is 0.222 e. The maximum Gasteiger partial charge on any atom is 0.222 e. The first-order valence-electron chi connectivity index (χ1n) is 5.16. The summed E-state index contributed by atoms with van der Waals surface area (Å²) in [6.07, 6.45) is 5.02. The molecule has 3 heteroatoms. The molecule has 1 amide bonds. The van der Waals surface area contributed by atoms with Gasteiger partial charge in [-0.3, -0.25) is 4.79 Å². The van der Waals surface area contributed by atoms with Crippen LogP contribution < -0.4 is 0 Å². The van der Waals surface area contributed by atoms with Gasteiger partial charge in [0.25, 0.3) is 0 Å². The Morgan fingerprint density at radius 3 is 2.85 bits per heavy atom. The van der Waals surface area contributed by atoms with Gasteiger partial charge in [-0.2, -0.15) is 0 Å². The van der Waals surface area contributed by atoms with Crippen LogP contribution >= 0.6 is 11.6 Å². The van der Waals surface area contributed by atoms with Crippen molar-refractivity contribution in [3.8, 4) is 0 Å². The molecule has 1 aliphatic heterocycles. The minimum Gasteiger partial charge on any atom is -0.341 e. The Morgan fingerprint density at radius 2 is 2.31 bits per heavy atom. The SMILES string of the molecule is CCCCCC(=O)N1CCC(Cl)C1. The fourth-order valence-corrected chi connectivity index (χ4v) is 1.89. The van der Waals surface area contributed by atoms with Crippen molar-refractivity contribution in [2.24, 2.45) is 0 Å². The van der Waals surface area contributed by atoms with E-state index in [1.54, 1.807) is 0 Å². The lowest BCUT2D eigenvalue weighted by molar-refractivity contribution is -0.130. The number of carbonyl (C=O) groups excluding carboxylic acids is 1. The molecule has 13 heavy (non-hydrogen) atoms. The number of hydrogen-bond acceptors (Lipinski definition) is 1. The third-order valence-corrected chi connectivity index (χ3v) is 2.83. The van der Waals surface area contributed by atoms with Crippen molar-refractivity contribution in [3.05, 3.63) is 0 Å². The van der Waals surface area contributed by atoms with Crippen LogP contribution in [0.4, 0.5) is 0 Å². The zero-order valence-electron chi connectivity index (χ0n) is 8.26. The topological polar surface area (TPSA) is 20.3 Å². The van der Waals surface area contributed by atoms with Gasteiger partial charge in [0.2, 0.25) is 5.91 Å². The summed E-state index contributed by atoms with van der Waals surface area (Å²) in [7, 11) is 0. The summed E-state index contributed by atoms with van der Waals surface area (Å²) in [5.74, 6) is 0.289. The number of unbranched alkanes of at least 4 members (excludes halogenated alkanes) is 2. The van der Waals surface area contributed by atoms with Crippen LogP contribution in [0.3, 0.4) is 0 Å². The van der Waals surface area contributed by atoms with E-state index in [2.05, 4.69) is 6.92 Å². The molecule has 0 aromatic heterocycles. The number of halogens is 1. The van der Waals surface area contributed by atoms with Crippen molar-refractivity contribution in [1.29, 1.82) is 0 Å². The molecule has 0 aromatic carbocycles. The third kappa shape index (κ3) is 3.55. The van der Waals surface area contributed by atoms with Gasteiger partial charge in [-0.05, 0) is 12.8 Å². The normalized spacial score (nSPS) is 22.3. The maximum absolute atomic E-state index is 11.5. The first-order chi connectivity index (χ1) is 6.24. The van der Waals surface area contributed by atoms with Crippen molar-refractivity contribution in [2.45, 2.75) is 44.4 Å². The van der Waals surface area contributed by atoms with Crippen molar-refractivity contribution in [2.75, 3.05) is 13.1 Å². The summed E-state index contributed by atoms with van der Waals surface area (Å²) in [5, 5.41) is 0.190. The fraction of sp³-hybridized carbons (Fsp3) is 0.900. The molecule has 0 radical (unpaired) electrons. The molecule has 1 fully saturated rings. The number of likely N-dealkylation sites (tertiary alicyclic amines) is 1. The van der Waals surface area contributed by atoms with Crippen molar-refractivity contribution >= 4 is 17.5 Å². The van der Waals surface area contributed by atoms with Crippen LogP contribution in [0.15, 0.2) is 0 Å². The molecule has 1 atom stereocenters. The highest BCUT2D eigenvalue weighted by Gasteiger charge is 2.23. The number of carbonyl (C=O) groups is 1. The van der Waals surface area contributed by atoms with Gasteiger partial charge in [0.05, 0.1) is 5.38 Å². The van der Waals surface area contributed by atoms with Gasteiger partial charge < -0.3 is 4.90 Å². The highest BCUT2D eigenvalue weighted by Crippen LogP contribution is 2.16. The molecule has 1 heterocycles. The number of nitrogens with zero attached hydrogens (tertiary/aromatic N) is 1. The third-order valence-electron chi connectivity index (χ3n) is 2.48. The van der Waals surface area contributed by atoms with Crippen LogP contribution in [-0.2, 0) is 4.79 Å². The van der Waals surface area contributed by atoms with E-state index < -0.39 is 0 Å². The van der Waals surface area contributed by atoms with Gasteiger partial charge in [-0.1, -0.05) is 19.8 Å². The van der Waals surface area contributed by atoms with Crippen LogP contribution in [0.25, 0.3) is 0 Å². The summed E-state index contributed by atoms with van der Waals surface area (Å²) in [5.41, 5.74) is 0. The molecular weight excluding hydrogens is 186 g/mol. The van der Waals surface area contributed by atoms with Crippen LogP contribution in [0.1, 0.15) is 39.0 Å². The predicted molar refractivity (Wildman–Crippen MR) is 55.0 cm³/mol. The van der Waals surface area contributed by atoms with Crippen molar-refractivity contribution < 1.29 is 4.79 Å². The van der Waals surface area contributed by atoms with Gasteiger partial charge in [0.1, 0.15) is 0 Å². The number of hydrogen-bond donors (Lipinski definition) is 0. The van der Waals surface area contributed by atoms with E-state index in [0.717, 1.165) is 32.4 Å². The molecule has 2 nitrogen and oxygen atoms in total. The summed E-state index contributed by atoms with van der Waals surface area (Å²) in [6, 6.07) is 0. The molecular formula is C10H18ClNO. The average molecular weight is 204 g/mol. The van der Waals surface area contributed by atoms with Gasteiger partial charge in [0.15, 0.2) is 0 Å². The molecule has 1 aliphatic rings. The molecule has 1 unspecified atom stereocenters. The molecule has 76 valence electrons. The summed E-state index contributed by atoms with van der Waals surface area (Å²) in [4.78, 5) is 13.4. The van der Waals surface area contributed by atoms with E-state index >= 15 is 0 Å². The van der Waals surface area contributed by atoms with E-state index in [9.17, 15) is 4.79 Å². The predicted octanol–water partition coefficient (Wildman–Crippen LogP) is 2.41. The second-order valence-electron chi connectivity index (χ2n) is 3.68. The number of amides is 1. The Hall–Kier alpha value is -0.240. The quantitative estimate of drug-likeness (QED) is 0.508. The van der Waals surface area contributed by atoms with Crippen LogP contribution in [0, 0.1) is 0 Å². The maximum atomic E-state index is 11.5. The summed E-state index contributed by atoms with van der Waals surface area (Å²) < 4.78 is 0. The van der Waals surface area contributed by atoms with Gasteiger partial charge in [-0.15, -0.1) is 11.6 Å². The fourth-order valence-electron chi connectivity index (χ4n) is 1.63. The Balaban J connectivity index is 2.16. The molecule has 0 aromatic rings. The molecule has 0 spiro atoms. The number of alkyl halides is 1. The monoisotopic (exact) mass is 203 g/mol. The molecule has 0 saturated carbocycles. The lowest BCUT2D eigenvalue weighted by Crippen LogP contribution is -2.28. The van der Waals surface area contributed by atoms with Crippen molar-refractivity contribution in [3.63, 3.8) is 0 Å². The highest BCUT2D eigenvalue weighted by molar-refractivity contribution is 6.21.